The van der Waals surface area contributed by atoms with Crippen LogP contribution in [0.4, 0.5) is 0 Å². The number of allylic oxidation sites excluding steroid dienone is 42. The van der Waals surface area contributed by atoms with Crippen LogP contribution in [0.25, 0.3) is 0 Å². The Kier molecular flexibility index (Phi) is 65.2. The second-order valence-corrected chi connectivity index (χ2v) is 20.0. The number of aliphatic hydroxyl groups is 1. The van der Waals surface area contributed by atoms with E-state index in [4.69, 9.17) is 9.47 Å². The van der Waals surface area contributed by atoms with Crippen molar-refractivity contribution >= 4 is 11.9 Å². The summed E-state index contributed by atoms with van der Waals surface area (Å²) >= 11 is 0. The highest BCUT2D eigenvalue weighted by molar-refractivity contribution is 5.70. The van der Waals surface area contributed by atoms with Gasteiger partial charge in [0.2, 0.25) is 0 Å². The number of esters is 2. The van der Waals surface area contributed by atoms with E-state index in [0.29, 0.717) is 6.42 Å². The van der Waals surface area contributed by atoms with Gasteiger partial charge in [0.25, 0.3) is 0 Å². The molecule has 460 valence electrons. The molecule has 0 rings (SSSR count). The summed E-state index contributed by atoms with van der Waals surface area (Å²) in [6.07, 6.45) is 120. The van der Waals surface area contributed by atoms with Crippen LogP contribution in [-0.2, 0) is 19.1 Å². The third-order valence-electron chi connectivity index (χ3n) is 12.3. The predicted octanol–water partition coefficient (Wildman–Crippen LogP) is 22.9. The lowest BCUT2D eigenvalue weighted by atomic mass is 10.1. The van der Waals surface area contributed by atoms with Crippen molar-refractivity contribution in [3.05, 3.63) is 255 Å². The van der Waals surface area contributed by atoms with Crippen molar-refractivity contribution in [3.8, 4) is 0 Å². The second-order valence-electron chi connectivity index (χ2n) is 20.0. The van der Waals surface area contributed by atoms with Gasteiger partial charge >= 0.3 is 11.9 Å². The van der Waals surface area contributed by atoms with Gasteiger partial charge in [0, 0.05) is 12.8 Å². The van der Waals surface area contributed by atoms with Crippen LogP contribution in [0.5, 0.6) is 0 Å². The molecular formula is C79H114O5. The van der Waals surface area contributed by atoms with Crippen LogP contribution in [0.2, 0.25) is 0 Å². The van der Waals surface area contributed by atoms with E-state index in [2.05, 4.69) is 269 Å². The highest BCUT2D eigenvalue weighted by Crippen LogP contribution is 2.09. The molecule has 5 heteroatoms. The lowest BCUT2D eigenvalue weighted by molar-refractivity contribution is -0.161. The minimum absolute atomic E-state index is 0.122. The summed E-state index contributed by atoms with van der Waals surface area (Å²) in [5.41, 5.74) is 0. The van der Waals surface area contributed by atoms with Gasteiger partial charge in [-0.15, -0.1) is 0 Å². The standard InChI is InChI=1S/C79H114O5/c1-3-5-7-9-11-13-15-17-19-21-23-25-27-29-31-33-35-37-38-39-40-42-44-46-48-50-52-54-56-58-60-62-64-66-68-70-72-74-79(82)84-77(75-80)76-83-78(81)73-71-69-67-65-63-61-59-57-55-53-51-49-47-45-43-41-36-34-32-30-28-26-24-22-20-18-16-14-12-10-8-6-4-2/h5-8,11-14,17-20,23-26,29-32,35-37,39-41,44-47,50-53,56-59,62-65,77,80H,3-4,9-10,15-16,21-22,27-28,33-34,38,42-43,48-49,54-55,60-61,66-76H2,1-2H3/b7-5-,8-6-,13-11-,14-12-,19-17-,20-18-,25-23-,26-24-,31-29-,32-30-,37-35-,40-39-,41-36-,46-44-,47-45-,52-50-,53-51-,58-56-,59-57-,64-62-,65-63-. The molecule has 0 aliphatic heterocycles. The van der Waals surface area contributed by atoms with Gasteiger partial charge in [0.05, 0.1) is 6.61 Å². The van der Waals surface area contributed by atoms with Crippen LogP contribution in [0.3, 0.4) is 0 Å². The van der Waals surface area contributed by atoms with Crippen molar-refractivity contribution in [3.63, 3.8) is 0 Å². The first kappa shape index (κ1) is 77.4. The molecule has 0 aromatic heterocycles. The zero-order valence-corrected chi connectivity index (χ0v) is 52.5. The largest absolute Gasteiger partial charge is 0.462 e. The molecule has 0 aromatic carbocycles. The Morgan fingerprint density at radius 2 is 0.476 bits per heavy atom. The zero-order chi connectivity index (χ0) is 60.5. The molecule has 1 atom stereocenters. The van der Waals surface area contributed by atoms with Crippen molar-refractivity contribution in [1.82, 2.24) is 0 Å². The first-order chi connectivity index (χ1) is 41.6. The third kappa shape index (κ3) is 67.9. The Balaban J connectivity index is 3.77. The van der Waals surface area contributed by atoms with Gasteiger partial charge < -0.3 is 14.6 Å². The average Bonchev–Trinajstić information content (AvgIpc) is 3.51. The Hall–Kier alpha value is -6.56. The molecule has 1 N–H and O–H groups in total. The van der Waals surface area contributed by atoms with Crippen LogP contribution >= 0.6 is 0 Å². The lowest BCUT2D eigenvalue weighted by Gasteiger charge is -2.15. The maximum Gasteiger partial charge on any atom is 0.306 e. The van der Waals surface area contributed by atoms with Gasteiger partial charge in [-0.2, -0.15) is 0 Å². The summed E-state index contributed by atoms with van der Waals surface area (Å²) in [5, 5.41) is 9.67. The van der Waals surface area contributed by atoms with Crippen molar-refractivity contribution in [2.24, 2.45) is 0 Å². The number of aliphatic hydroxyl groups excluding tert-OH is 1. The molecule has 0 aliphatic carbocycles. The van der Waals surface area contributed by atoms with Gasteiger partial charge in [-0.25, -0.2) is 0 Å². The number of hydrogen-bond donors (Lipinski definition) is 1. The van der Waals surface area contributed by atoms with Crippen LogP contribution in [0, 0.1) is 0 Å². The molecule has 0 aliphatic rings. The van der Waals surface area contributed by atoms with Crippen molar-refractivity contribution in [2.45, 2.75) is 213 Å². The lowest BCUT2D eigenvalue weighted by Crippen LogP contribution is -2.28. The second kappa shape index (κ2) is 70.7. The van der Waals surface area contributed by atoms with Crippen LogP contribution in [0.15, 0.2) is 255 Å². The summed E-state index contributed by atoms with van der Waals surface area (Å²) in [7, 11) is 0. The predicted molar refractivity (Wildman–Crippen MR) is 370 cm³/mol. The molecule has 84 heavy (non-hydrogen) atoms. The van der Waals surface area contributed by atoms with E-state index >= 15 is 0 Å². The van der Waals surface area contributed by atoms with Gasteiger partial charge in [-0.1, -0.05) is 275 Å². The first-order valence-corrected chi connectivity index (χ1v) is 32.2. The normalized spacial score (nSPS) is 14.0. The van der Waals surface area contributed by atoms with Crippen LogP contribution in [-0.4, -0.2) is 36.4 Å². The number of ether oxygens (including phenoxy) is 2. The fourth-order valence-electron chi connectivity index (χ4n) is 7.59. The quantitative estimate of drug-likeness (QED) is 0.0373. The zero-order valence-electron chi connectivity index (χ0n) is 52.5. The number of hydrogen-bond acceptors (Lipinski definition) is 5. The SMILES string of the molecule is CC/C=C\C/C=C\C/C=C\C/C=C\C/C=C\C/C=C\C/C=C\C/C=C\C/C=C\C/C=C\C/C=C\CCCCCC(=O)OC(CO)COC(=O)CCCC/C=C\C/C=C\C/C=C\C/C=C\C/C=C\C/C=C\C/C=C\C/C=C\C/C=C\C/C=C\CC. The Morgan fingerprint density at radius 3 is 0.714 bits per heavy atom. The van der Waals surface area contributed by atoms with Crippen LogP contribution in [0.1, 0.15) is 206 Å². The number of carbonyl (C=O) groups is 2. The fourth-order valence-corrected chi connectivity index (χ4v) is 7.59. The molecule has 0 radical (unpaired) electrons. The molecule has 0 heterocycles. The van der Waals surface area contributed by atoms with E-state index in [1.54, 1.807) is 0 Å². The molecule has 0 saturated carbocycles. The van der Waals surface area contributed by atoms with E-state index in [0.717, 1.165) is 180 Å². The number of rotatable bonds is 55. The van der Waals surface area contributed by atoms with Gasteiger partial charge in [0.1, 0.15) is 6.61 Å². The smallest absolute Gasteiger partial charge is 0.306 e. The molecule has 0 aromatic rings. The number of unbranched alkanes of at least 4 members (excludes halogenated alkanes) is 5. The highest BCUT2D eigenvalue weighted by atomic mass is 16.6. The van der Waals surface area contributed by atoms with E-state index in [1.165, 1.54) is 0 Å². The molecule has 1 unspecified atom stereocenters. The first-order valence-electron chi connectivity index (χ1n) is 32.2. The molecule has 0 bridgehead atoms. The van der Waals surface area contributed by atoms with Crippen LogP contribution < -0.4 is 0 Å². The minimum Gasteiger partial charge on any atom is -0.462 e. The van der Waals surface area contributed by atoms with Gasteiger partial charge in [-0.05, 0) is 173 Å². The van der Waals surface area contributed by atoms with Gasteiger partial charge in [0.15, 0.2) is 6.10 Å². The maximum absolute atomic E-state index is 12.3. The maximum atomic E-state index is 12.3. The number of carbonyl (C=O) groups excluding carboxylic acids is 2. The average molecular weight is 1140 g/mol. The highest BCUT2D eigenvalue weighted by Gasteiger charge is 2.16. The van der Waals surface area contributed by atoms with Crippen molar-refractivity contribution in [1.29, 1.82) is 0 Å². The van der Waals surface area contributed by atoms with E-state index in [-0.39, 0.29) is 31.6 Å². The third-order valence-corrected chi connectivity index (χ3v) is 12.3. The van der Waals surface area contributed by atoms with E-state index in [1.807, 2.05) is 0 Å². The molecular weight excluding hydrogens is 1030 g/mol. The van der Waals surface area contributed by atoms with Gasteiger partial charge in [-0.3, -0.25) is 9.59 Å². The molecule has 0 spiro atoms. The van der Waals surface area contributed by atoms with Crippen molar-refractivity contribution < 1.29 is 24.2 Å². The topological polar surface area (TPSA) is 72.8 Å². The van der Waals surface area contributed by atoms with E-state index in [9.17, 15) is 14.7 Å². The Morgan fingerprint density at radius 1 is 0.274 bits per heavy atom. The summed E-state index contributed by atoms with van der Waals surface area (Å²) in [6, 6.07) is 0. The van der Waals surface area contributed by atoms with E-state index < -0.39 is 6.10 Å². The molecule has 0 saturated heterocycles. The molecule has 5 nitrogen and oxygen atoms in total. The Bertz CT molecular complexity index is 2170. The summed E-state index contributed by atoms with van der Waals surface area (Å²) < 4.78 is 10.7. The fraction of sp³-hybridized carbons (Fsp3) is 0.443. The van der Waals surface area contributed by atoms with Crippen molar-refractivity contribution in [2.75, 3.05) is 13.2 Å². The molecule has 0 amide bonds. The summed E-state index contributed by atoms with van der Waals surface area (Å²) in [6.45, 7) is 3.82. The Labute approximate surface area is 514 Å². The summed E-state index contributed by atoms with van der Waals surface area (Å²) in [5.74, 6) is -0.705. The summed E-state index contributed by atoms with van der Waals surface area (Å²) in [4.78, 5) is 24.6. The minimum atomic E-state index is -0.832. The monoisotopic (exact) mass is 1140 g/mol. The molecule has 0 fully saturated rings.